The summed E-state index contributed by atoms with van der Waals surface area (Å²) in [5.41, 5.74) is -1.06. The molecule has 1 heterocycles. The number of hydrogen-bond donors (Lipinski definition) is 4. The highest BCUT2D eigenvalue weighted by molar-refractivity contribution is 6.02. The van der Waals surface area contributed by atoms with Gasteiger partial charge in [0.15, 0.2) is 5.78 Å². The zero-order chi connectivity index (χ0) is 32.4. The van der Waals surface area contributed by atoms with Gasteiger partial charge in [0.1, 0.15) is 17.4 Å². The lowest BCUT2D eigenvalue weighted by Crippen LogP contribution is -2.55. The molecule has 4 atom stereocenters. The van der Waals surface area contributed by atoms with Crippen molar-refractivity contribution >= 4 is 29.6 Å². The first kappa shape index (κ1) is 34.1. The Hall–Kier alpha value is -3.76. The van der Waals surface area contributed by atoms with Crippen LogP contribution in [0.5, 0.6) is 0 Å². The van der Waals surface area contributed by atoms with Crippen LogP contribution in [0.3, 0.4) is 0 Å². The van der Waals surface area contributed by atoms with E-state index < -0.39 is 47.3 Å². The highest BCUT2D eigenvalue weighted by Crippen LogP contribution is 2.45. The molecule has 1 aromatic rings. The molecule has 1 aliphatic heterocycles. The fraction of sp³-hybridized carbons (Fsp3) is 0.618. The molecule has 11 heteroatoms. The number of benzene rings is 1. The van der Waals surface area contributed by atoms with Crippen LogP contribution in [0.25, 0.3) is 0 Å². The summed E-state index contributed by atoms with van der Waals surface area (Å²) in [5.74, 6) is -3.20. The van der Waals surface area contributed by atoms with Gasteiger partial charge in [0.25, 0.3) is 0 Å². The number of amides is 4. The molecule has 1 aromatic carbocycles. The fourth-order valence-corrected chi connectivity index (χ4v) is 6.66. The number of nitrogens with zero attached hydrogens (tertiary/aromatic N) is 1. The lowest BCUT2D eigenvalue weighted by molar-refractivity contribution is -0.145. The van der Waals surface area contributed by atoms with E-state index in [-0.39, 0.29) is 24.2 Å². The van der Waals surface area contributed by atoms with Crippen LogP contribution < -0.4 is 16.0 Å². The summed E-state index contributed by atoms with van der Waals surface area (Å²) in [6.45, 7) is 2.08. The summed E-state index contributed by atoms with van der Waals surface area (Å²) >= 11 is 0. The molecule has 2 saturated carbocycles. The number of rotatable bonds is 15. The Morgan fingerprint density at radius 1 is 1.02 bits per heavy atom. The van der Waals surface area contributed by atoms with Crippen LogP contribution in [-0.4, -0.2) is 70.3 Å². The van der Waals surface area contributed by atoms with Gasteiger partial charge in [-0.1, -0.05) is 57.6 Å². The third-order valence-corrected chi connectivity index (χ3v) is 9.43. The minimum atomic E-state index is -1.36. The number of hydrogen-bond acceptors (Lipinski definition) is 5. The molecule has 1 unspecified atom stereocenters. The van der Waals surface area contributed by atoms with Crippen molar-refractivity contribution in [1.29, 1.82) is 0 Å². The average Bonchev–Trinajstić information content (AvgIpc) is 3.50. The molecule has 4 amide bonds. The minimum Gasteiger partial charge on any atom is -0.479 e. The number of carbonyl (C=O) groups is 5. The number of urea groups is 1. The molecule has 1 saturated heterocycles. The van der Waals surface area contributed by atoms with Crippen molar-refractivity contribution < 1.29 is 33.5 Å². The van der Waals surface area contributed by atoms with Crippen molar-refractivity contribution in [3.05, 3.63) is 47.8 Å². The first-order valence-corrected chi connectivity index (χ1v) is 16.5. The Labute approximate surface area is 264 Å². The predicted molar refractivity (Wildman–Crippen MR) is 167 cm³/mol. The third kappa shape index (κ3) is 8.92. The van der Waals surface area contributed by atoms with Crippen LogP contribution in [0.1, 0.15) is 101 Å². The summed E-state index contributed by atoms with van der Waals surface area (Å²) in [6, 6.07) is 2.90. The van der Waals surface area contributed by atoms with Crippen LogP contribution in [0.4, 0.5) is 9.18 Å². The normalized spacial score (nSPS) is 23.8. The van der Waals surface area contributed by atoms with Gasteiger partial charge >= 0.3 is 12.0 Å². The summed E-state index contributed by atoms with van der Waals surface area (Å²) < 4.78 is 13.4. The molecule has 10 nitrogen and oxygen atoms in total. The van der Waals surface area contributed by atoms with Crippen LogP contribution in [0, 0.1) is 17.7 Å². The number of halogens is 1. The average molecular weight is 627 g/mol. The van der Waals surface area contributed by atoms with Gasteiger partial charge < -0.3 is 26.0 Å². The molecule has 2 aliphatic carbocycles. The zero-order valence-electron chi connectivity index (χ0n) is 26.2. The SMILES string of the molecule is CCCCCC/C=C\C1C[C@]1(NC(=O)[C@@H]1CCCN1C(=O)CNC(=O)N[C@H](C(=O)c1ccc(F)cc1)C1CCCCC1)C(=O)O. The lowest BCUT2D eigenvalue weighted by Gasteiger charge is -2.30. The Kier molecular flexibility index (Phi) is 12.1. The first-order valence-electron chi connectivity index (χ1n) is 16.5. The summed E-state index contributed by atoms with van der Waals surface area (Å²) in [5, 5.41) is 17.9. The van der Waals surface area contributed by atoms with Gasteiger partial charge in [-0.05, 0) is 75.1 Å². The van der Waals surface area contributed by atoms with Crippen molar-refractivity contribution in [2.24, 2.45) is 11.8 Å². The second kappa shape index (κ2) is 16.0. The number of aliphatic carboxylic acids is 1. The summed E-state index contributed by atoms with van der Waals surface area (Å²) in [6.07, 6.45) is 15.0. The number of allylic oxidation sites excluding steroid dienone is 1. The number of carbonyl (C=O) groups excluding carboxylic acids is 4. The first-order chi connectivity index (χ1) is 21.7. The van der Waals surface area contributed by atoms with Crippen LogP contribution in [-0.2, 0) is 14.4 Å². The van der Waals surface area contributed by atoms with Gasteiger partial charge in [0.05, 0.1) is 12.6 Å². The van der Waals surface area contributed by atoms with E-state index in [0.717, 1.165) is 57.8 Å². The van der Waals surface area contributed by atoms with Crippen LogP contribution >= 0.6 is 0 Å². The Morgan fingerprint density at radius 2 is 1.76 bits per heavy atom. The Balaban J connectivity index is 1.31. The lowest BCUT2D eigenvalue weighted by atomic mass is 9.81. The highest BCUT2D eigenvalue weighted by atomic mass is 19.1. The standard InChI is InChI=1S/C34H47FN4O6/c1-2-3-4-5-6-10-14-25-21-34(25,32(43)44)38-31(42)27-15-11-20-39(27)28(40)22-36-33(45)37-29(23-12-8-7-9-13-23)30(41)24-16-18-26(35)19-17-24/h10,14,16-19,23,25,27,29H,2-9,11-13,15,20-22H2,1H3,(H,38,42)(H,43,44)(H2,36,37,45)/b14-10-/t25?,27-,29-,34+/m0/s1. The maximum absolute atomic E-state index is 13.4. The Morgan fingerprint density at radius 3 is 2.44 bits per heavy atom. The second-order valence-electron chi connectivity index (χ2n) is 12.7. The molecule has 0 bridgehead atoms. The van der Waals surface area contributed by atoms with E-state index in [0.29, 0.717) is 31.4 Å². The van der Waals surface area contributed by atoms with E-state index in [9.17, 15) is 33.5 Å². The van der Waals surface area contributed by atoms with Gasteiger partial charge in [-0.2, -0.15) is 0 Å². The topological polar surface area (TPSA) is 145 Å². The molecule has 3 aliphatic rings. The quantitative estimate of drug-likeness (QED) is 0.126. The maximum Gasteiger partial charge on any atom is 0.330 e. The molecular formula is C34H47FN4O6. The number of Topliss-reactive ketones (excluding diaryl/α,β-unsaturated/α-hetero) is 1. The van der Waals surface area contributed by atoms with E-state index in [2.05, 4.69) is 22.9 Å². The largest absolute Gasteiger partial charge is 0.479 e. The summed E-state index contributed by atoms with van der Waals surface area (Å²) in [7, 11) is 0. The molecule has 4 rings (SSSR count). The molecule has 0 radical (unpaired) electrons. The zero-order valence-corrected chi connectivity index (χ0v) is 26.2. The van der Waals surface area contributed by atoms with Gasteiger partial charge in [-0.25, -0.2) is 14.0 Å². The number of unbranched alkanes of at least 4 members (excludes halogenated alkanes) is 4. The van der Waals surface area contributed by atoms with Gasteiger partial charge in [0.2, 0.25) is 11.8 Å². The van der Waals surface area contributed by atoms with Crippen molar-refractivity contribution in [3.63, 3.8) is 0 Å². The number of likely N-dealkylation sites (tertiary alicyclic amines) is 1. The van der Waals surface area contributed by atoms with Crippen molar-refractivity contribution in [2.75, 3.05) is 13.1 Å². The van der Waals surface area contributed by atoms with Crippen LogP contribution in [0.2, 0.25) is 0 Å². The highest BCUT2D eigenvalue weighted by Gasteiger charge is 2.61. The molecule has 4 N–H and O–H groups in total. The predicted octanol–water partition coefficient (Wildman–Crippen LogP) is 4.73. The minimum absolute atomic E-state index is 0.0758. The molecule has 246 valence electrons. The number of carboxylic acids is 1. The molecule has 45 heavy (non-hydrogen) atoms. The van der Waals surface area contributed by atoms with Gasteiger partial charge in [-0.3, -0.25) is 14.4 Å². The second-order valence-corrected chi connectivity index (χ2v) is 12.7. The Bertz CT molecular complexity index is 1250. The molecule has 3 fully saturated rings. The van der Waals surface area contributed by atoms with E-state index in [1.165, 1.54) is 35.6 Å². The maximum atomic E-state index is 13.4. The van der Waals surface area contributed by atoms with E-state index >= 15 is 0 Å². The van der Waals surface area contributed by atoms with Gasteiger partial charge in [-0.15, -0.1) is 0 Å². The molecular weight excluding hydrogens is 579 g/mol. The smallest absolute Gasteiger partial charge is 0.330 e. The third-order valence-electron chi connectivity index (χ3n) is 9.43. The van der Waals surface area contributed by atoms with Crippen molar-refractivity contribution in [1.82, 2.24) is 20.9 Å². The summed E-state index contributed by atoms with van der Waals surface area (Å²) in [4.78, 5) is 66.2. The molecule has 0 aromatic heterocycles. The molecule has 0 spiro atoms. The van der Waals surface area contributed by atoms with Gasteiger partial charge in [0, 0.05) is 18.0 Å². The number of nitrogens with one attached hydrogen (secondary N) is 3. The number of ketones is 1. The van der Waals surface area contributed by atoms with E-state index in [4.69, 9.17) is 0 Å². The monoisotopic (exact) mass is 626 g/mol. The van der Waals surface area contributed by atoms with Crippen LogP contribution in [0.15, 0.2) is 36.4 Å². The van der Waals surface area contributed by atoms with Crippen molar-refractivity contribution in [2.45, 2.75) is 108 Å². The van der Waals surface area contributed by atoms with E-state index in [1.807, 2.05) is 12.2 Å². The fourth-order valence-electron chi connectivity index (χ4n) is 6.66. The number of carboxylic acid groups (broad SMARTS) is 1. The van der Waals surface area contributed by atoms with E-state index in [1.54, 1.807) is 0 Å². The van der Waals surface area contributed by atoms with Crippen molar-refractivity contribution in [3.8, 4) is 0 Å².